The Balaban J connectivity index is 2.36. The normalized spacial score (nSPS) is 11.8. The summed E-state index contributed by atoms with van der Waals surface area (Å²) >= 11 is 0. The number of benzene rings is 1. The Labute approximate surface area is 124 Å². The lowest BCUT2D eigenvalue weighted by Crippen LogP contribution is -2.07. The molecule has 21 heavy (non-hydrogen) atoms. The van der Waals surface area contributed by atoms with E-state index in [1.165, 1.54) is 0 Å². The molecule has 0 aliphatic heterocycles. The molecular formula is C16H19NO4. The number of pyridine rings is 1. The average Bonchev–Trinajstić information content (AvgIpc) is 2.54. The zero-order valence-corrected chi connectivity index (χ0v) is 12.4. The highest BCUT2D eigenvalue weighted by atomic mass is 16.5. The molecule has 0 bridgehead atoms. The number of ether oxygens (including phenoxy) is 3. The third-order valence-corrected chi connectivity index (χ3v) is 3.26. The van der Waals surface area contributed by atoms with Crippen molar-refractivity contribution in [2.75, 3.05) is 21.3 Å². The van der Waals surface area contributed by atoms with E-state index in [1.807, 2.05) is 12.1 Å². The Morgan fingerprint density at radius 1 is 1.00 bits per heavy atom. The van der Waals surface area contributed by atoms with Gasteiger partial charge in [-0.1, -0.05) is 0 Å². The molecule has 1 aromatic carbocycles. The van der Waals surface area contributed by atoms with Crippen molar-refractivity contribution in [2.24, 2.45) is 0 Å². The molecule has 0 fully saturated rings. The van der Waals surface area contributed by atoms with E-state index < -0.39 is 6.10 Å². The minimum atomic E-state index is -0.747. The summed E-state index contributed by atoms with van der Waals surface area (Å²) in [4.78, 5) is 3.97. The minimum absolute atomic E-state index is 0.446. The quantitative estimate of drug-likeness (QED) is 0.884. The molecular weight excluding hydrogens is 270 g/mol. The third kappa shape index (κ3) is 3.44. The predicted molar refractivity (Wildman–Crippen MR) is 79.0 cm³/mol. The lowest BCUT2D eigenvalue weighted by molar-refractivity contribution is 0.169. The van der Waals surface area contributed by atoms with E-state index in [9.17, 15) is 5.11 Å². The highest BCUT2D eigenvalue weighted by molar-refractivity contribution is 5.52. The number of hydrogen-bond acceptors (Lipinski definition) is 5. The van der Waals surface area contributed by atoms with Crippen molar-refractivity contribution < 1.29 is 19.3 Å². The fourth-order valence-corrected chi connectivity index (χ4v) is 2.21. The van der Waals surface area contributed by atoms with Crippen LogP contribution in [-0.2, 0) is 6.42 Å². The Kier molecular flexibility index (Phi) is 5.00. The monoisotopic (exact) mass is 289 g/mol. The van der Waals surface area contributed by atoms with Crippen LogP contribution in [0.1, 0.15) is 17.2 Å². The fraction of sp³-hybridized carbons (Fsp3) is 0.312. The average molecular weight is 289 g/mol. The van der Waals surface area contributed by atoms with Crippen molar-refractivity contribution in [1.29, 1.82) is 0 Å². The first-order valence-corrected chi connectivity index (χ1v) is 6.56. The molecule has 1 aromatic heterocycles. The zero-order valence-electron chi connectivity index (χ0n) is 12.4. The van der Waals surface area contributed by atoms with Crippen LogP contribution in [0.4, 0.5) is 0 Å². The Hall–Kier alpha value is -2.27. The molecule has 2 aromatic rings. The van der Waals surface area contributed by atoms with Crippen molar-refractivity contribution in [3.63, 3.8) is 0 Å². The maximum atomic E-state index is 10.5. The number of nitrogens with zero attached hydrogens (tertiary/aromatic N) is 1. The largest absolute Gasteiger partial charge is 0.496 e. The summed E-state index contributed by atoms with van der Waals surface area (Å²) < 4.78 is 15.9. The first-order valence-electron chi connectivity index (χ1n) is 6.56. The second kappa shape index (κ2) is 6.95. The number of hydrogen-bond donors (Lipinski definition) is 1. The second-order valence-electron chi connectivity index (χ2n) is 4.52. The van der Waals surface area contributed by atoms with Gasteiger partial charge in [0.1, 0.15) is 17.2 Å². The molecule has 0 aliphatic rings. The van der Waals surface area contributed by atoms with Crippen molar-refractivity contribution in [3.05, 3.63) is 47.8 Å². The zero-order chi connectivity index (χ0) is 15.2. The van der Waals surface area contributed by atoms with E-state index in [0.717, 1.165) is 5.56 Å². The van der Waals surface area contributed by atoms with Crippen LogP contribution in [0, 0.1) is 0 Å². The van der Waals surface area contributed by atoms with Crippen molar-refractivity contribution in [2.45, 2.75) is 12.5 Å². The van der Waals surface area contributed by atoms with Crippen LogP contribution in [0.15, 0.2) is 36.7 Å². The molecule has 1 heterocycles. The van der Waals surface area contributed by atoms with E-state index in [2.05, 4.69) is 4.98 Å². The molecule has 1 atom stereocenters. The van der Waals surface area contributed by atoms with Crippen LogP contribution < -0.4 is 14.2 Å². The van der Waals surface area contributed by atoms with Gasteiger partial charge in [0.2, 0.25) is 0 Å². The van der Waals surface area contributed by atoms with Gasteiger partial charge >= 0.3 is 0 Å². The van der Waals surface area contributed by atoms with Gasteiger partial charge in [0, 0.05) is 30.9 Å². The maximum Gasteiger partial charge on any atom is 0.132 e. The van der Waals surface area contributed by atoms with Gasteiger partial charge in [-0.15, -0.1) is 0 Å². The standard InChI is InChI=1S/C16H19NO4/c1-19-12-9-14(20-2)16(15(10-12)21-3)13(18)8-11-4-6-17-7-5-11/h4-7,9-10,13,18H,8H2,1-3H3. The first-order chi connectivity index (χ1) is 10.2. The van der Waals surface area contributed by atoms with Gasteiger partial charge in [-0.05, 0) is 17.7 Å². The molecule has 2 rings (SSSR count). The predicted octanol–water partition coefficient (Wildman–Crippen LogP) is 2.38. The third-order valence-electron chi connectivity index (χ3n) is 3.26. The fourth-order valence-electron chi connectivity index (χ4n) is 2.21. The van der Waals surface area contributed by atoms with E-state index in [4.69, 9.17) is 14.2 Å². The molecule has 5 heteroatoms. The Morgan fingerprint density at radius 3 is 2.05 bits per heavy atom. The topological polar surface area (TPSA) is 60.8 Å². The van der Waals surface area contributed by atoms with Gasteiger partial charge < -0.3 is 19.3 Å². The number of aromatic nitrogens is 1. The molecule has 1 unspecified atom stereocenters. The second-order valence-corrected chi connectivity index (χ2v) is 4.52. The van der Waals surface area contributed by atoms with Crippen LogP contribution in [-0.4, -0.2) is 31.4 Å². The van der Waals surface area contributed by atoms with Gasteiger partial charge in [-0.3, -0.25) is 4.98 Å². The Bertz CT molecular complexity index is 561. The maximum absolute atomic E-state index is 10.5. The minimum Gasteiger partial charge on any atom is -0.496 e. The lowest BCUT2D eigenvalue weighted by Gasteiger charge is -2.19. The van der Waals surface area contributed by atoms with Gasteiger partial charge in [0.05, 0.1) is 33.0 Å². The number of aliphatic hydroxyl groups excluding tert-OH is 1. The van der Waals surface area contributed by atoms with E-state index in [1.54, 1.807) is 45.9 Å². The number of aliphatic hydroxyl groups is 1. The van der Waals surface area contributed by atoms with Crippen LogP contribution in [0.5, 0.6) is 17.2 Å². The van der Waals surface area contributed by atoms with E-state index >= 15 is 0 Å². The molecule has 112 valence electrons. The van der Waals surface area contributed by atoms with Crippen LogP contribution >= 0.6 is 0 Å². The van der Waals surface area contributed by atoms with Gasteiger partial charge in [-0.25, -0.2) is 0 Å². The number of methoxy groups -OCH3 is 3. The summed E-state index contributed by atoms with van der Waals surface area (Å²) in [5.74, 6) is 1.68. The van der Waals surface area contributed by atoms with Crippen molar-refractivity contribution >= 4 is 0 Å². The van der Waals surface area contributed by atoms with Crippen molar-refractivity contribution in [3.8, 4) is 17.2 Å². The van der Waals surface area contributed by atoms with E-state index in [0.29, 0.717) is 29.2 Å². The summed E-state index contributed by atoms with van der Waals surface area (Å²) in [6, 6.07) is 7.19. The molecule has 5 nitrogen and oxygen atoms in total. The first kappa shape index (κ1) is 15.1. The molecule has 0 saturated carbocycles. The van der Waals surface area contributed by atoms with Gasteiger partial charge in [-0.2, -0.15) is 0 Å². The molecule has 0 radical (unpaired) electrons. The van der Waals surface area contributed by atoms with Crippen LogP contribution in [0.25, 0.3) is 0 Å². The lowest BCUT2D eigenvalue weighted by atomic mass is 10.00. The summed E-state index contributed by atoms with van der Waals surface area (Å²) in [6.07, 6.45) is 3.10. The van der Waals surface area contributed by atoms with Crippen LogP contribution in [0.3, 0.4) is 0 Å². The summed E-state index contributed by atoms with van der Waals surface area (Å²) in [5, 5.41) is 10.5. The highest BCUT2D eigenvalue weighted by Crippen LogP contribution is 2.39. The van der Waals surface area contributed by atoms with Gasteiger partial charge in [0.15, 0.2) is 0 Å². The summed E-state index contributed by atoms with van der Waals surface area (Å²) in [5.41, 5.74) is 1.59. The molecule has 1 N–H and O–H groups in total. The Morgan fingerprint density at radius 2 is 1.57 bits per heavy atom. The van der Waals surface area contributed by atoms with Gasteiger partial charge in [0.25, 0.3) is 0 Å². The smallest absolute Gasteiger partial charge is 0.132 e. The molecule has 0 spiro atoms. The molecule has 0 saturated heterocycles. The molecule has 0 aliphatic carbocycles. The summed E-state index contributed by atoms with van der Waals surface area (Å²) in [7, 11) is 4.68. The number of rotatable bonds is 6. The SMILES string of the molecule is COc1cc(OC)c(C(O)Cc2ccncc2)c(OC)c1. The van der Waals surface area contributed by atoms with Crippen molar-refractivity contribution in [1.82, 2.24) is 4.98 Å². The highest BCUT2D eigenvalue weighted by Gasteiger charge is 2.21. The van der Waals surface area contributed by atoms with E-state index in [-0.39, 0.29) is 0 Å². The van der Waals surface area contributed by atoms with Crippen LogP contribution in [0.2, 0.25) is 0 Å². The molecule has 0 amide bonds. The summed E-state index contributed by atoms with van der Waals surface area (Å²) in [6.45, 7) is 0.